The number of hydrogen-bond donors (Lipinski definition) is 7. The van der Waals surface area contributed by atoms with Gasteiger partial charge in [-0.3, -0.25) is 19.5 Å². The van der Waals surface area contributed by atoms with Crippen LogP contribution in [0.4, 0.5) is 17.5 Å². The number of aliphatic hydroxyl groups excluding tert-OH is 2. The normalized spacial score (nSPS) is 29.3. The minimum atomic E-state index is -4.79. The zero-order chi connectivity index (χ0) is 18.5. The van der Waals surface area contributed by atoms with Gasteiger partial charge in [0, 0.05) is 0 Å². The average Bonchev–Trinajstić information content (AvgIpc) is 2.95. The van der Waals surface area contributed by atoms with Gasteiger partial charge in [-0.25, -0.2) is 9.63 Å². The van der Waals surface area contributed by atoms with E-state index in [2.05, 4.69) is 14.5 Å². The molecule has 3 heterocycles. The molecule has 3 rings (SSSR count). The molecule has 1 fully saturated rings. The van der Waals surface area contributed by atoms with E-state index in [1.807, 2.05) is 0 Å². The Balaban J connectivity index is 1.84. The second-order valence-electron chi connectivity index (χ2n) is 5.47. The number of aliphatic hydroxyl groups is 2. The molecule has 4 atom stereocenters. The highest BCUT2D eigenvalue weighted by Crippen LogP contribution is 2.39. The number of hydroxylamine groups is 1. The van der Waals surface area contributed by atoms with Crippen LogP contribution in [-0.2, 0) is 13.8 Å². The second-order valence-corrected chi connectivity index (χ2v) is 6.71. The number of nitrogens with two attached hydrogens (primary N) is 1. The van der Waals surface area contributed by atoms with Gasteiger partial charge in [-0.2, -0.15) is 4.98 Å². The SMILES string of the molecule is Nc1nc2c(c(=O)[nH]1)N(O)CN2[C@@H]1O[C@H](COP(=O)(O)O)[C@@H](O)[C@H]1O. The molecule has 0 aliphatic carbocycles. The van der Waals surface area contributed by atoms with E-state index in [0.717, 1.165) is 0 Å². The van der Waals surface area contributed by atoms with Crippen molar-refractivity contribution < 1.29 is 39.0 Å². The standard InChI is InChI=1S/C10H16N5O9P/c11-10-12-7-4(8(18)13-10)15(19)2-14(7)9-6(17)5(16)3(24-9)1-23-25(20,21)22/h3,5-6,9,16-17,19H,1-2H2,(H2,20,21,22)(H3,11,12,13,18)/t3-,5-,6-,9-/m1/s1. The molecule has 0 unspecified atom stereocenters. The van der Waals surface area contributed by atoms with Crippen LogP contribution in [0.25, 0.3) is 0 Å². The zero-order valence-corrected chi connectivity index (χ0v) is 13.4. The van der Waals surface area contributed by atoms with Gasteiger partial charge in [0.25, 0.3) is 5.56 Å². The van der Waals surface area contributed by atoms with Crippen LogP contribution >= 0.6 is 7.82 Å². The summed E-state index contributed by atoms with van der Waals surface area (Å²) in [6, 6.07) is 0. The summed E-state index contributed by atoms with van der Waals surface area (Å²) in [7, 11) is -4.79. The molecule has 1 saturated heterocycles. The molecule has 140 valence electrons. The van der Waals surface area contributed by atoms with Crippen LogP contribution < -0.4 is 21.3 Å². The summed E-state index contributed by atoms with van der Waals surface area (Å²) < 4.78 is 20.4. The molecule has 0 bridgehead atoms. The highest BCUT2D eigenvalue weighted by atomic mass is 31.2. The van der Waals surface area contributed by atoms with Crippen molar-refractivity contribution in [1.29, 1.82) is 0 Å². The summed E-state index contributed by atoms with van der Waals surface area (Å²) in [6.07, 6.45) is -5.60. The zero-order valence-electron chi connectivity index (χ0n) is 12.5. The molecule has 0 spiro atoms. The van der Waals surface area contributed by atoms with E-state index < -0.39 is 44.5 Å². The van der Waals surface area contributed by atoms with Gasteiger partial charge < -0.3 is 35.4 Å². The van der Waals surface area contributed by atoms with Gasteiger partial charge in [0.15, 0.2) is 17.7 Å². The molecule has 14 nitrogen and oxygen atoms in total. The average molecular weight is 381 g/mol. The van der Waals surface area contributed by atoms with Crippen molar-refractivity contribution in [2.45, 2.75) is 24.5 Å². The number of aromatic nitrogens is 2. The fourth-order valence-corrected chi connectivity index (χ4v) is 3.02. The Hall–Kier alpha value is -1.77. The first kappa shape index (κ1) is 18.0. The molecule has 0 aromatic carbocycles. The fraction of sp³-hybridized carbons (Fsp3) is 0.600. The molecule has 0 saturated carbocycles. The first-order valence-corrected chi connectivity index (χ1v) is 8.46. The number of ether oxygens (including phenoxy) is 1. The smallest absolute Gasteiger partial charge is 0.387 e. The van der Waals surface area contributed by atoms with Gasteiger partial charge in [-0.1, -0.05) is 0 Å². The van der Waals surface area contributed by atoms with Gasteiger partial charge in [-0.05, 0) is 0 Å². The minimum absolute atomic E-state index is 0.0865. The van der Waals surface area contributed by atoms with Crippen molar-refractivity contribution in [3.05, 3.63) is 10.4 Å². The molecule has 8 N–H and O–H groups in total. The predicted octanol–water partition coefficient (Wildman–Crippen LogP) is -3.12. The molecular formula is C10H16N5O9P. The van der Waals surface area contributed by atoms with Crippen molar-refractivity contribution in [3.8, 4) is 0 Å². The number of nitrogens with one attached hydrogen (secondary N) is 1. The molecule has 0 radical (unpaired) electrons. The maximum absolute atomic E-state index is 11.9. The van der Waals surface area contributed by atoms with Gasteiger partial charge >= 0.3 is 7.82 Å². The van der Waals surface area contributed by atoms with Crippen LogP contribution in [0.3, 0.4) is 0 Å². The van der Waals surface area contributed by atoms with Crippen molar-refractivity contribution in [2.24, 2.45) is 0 Å². The number of hydrogen-bond acceptors (Lipinski definition) is 11. The van der Waals surface area contributed by atoms with Crippen LogP contribution in [0, 0.1) is 0 Å². The number of phosphoric ester groups is 1. The third kappa shape index (κ3) is 3.33. The van der Waals surface area contributed by atoms with Crippen LogP contribution in [0.15, 0.2) is 4.79 Å². The Morgan fingerprint density at radius 2 is 2.08 bits per heavy atom. The van der Waals surface area contributed by atoms with Crippen LogP contribution in [0.5, 0.6) is 0 Å². The summed E-state index contributed by atoms with van der Waals surface area (Å²) in [5.41, 5.74) is 4.52. The summed E-state index contributed by atoms with van der Waals surface area (Å²) in [4.78, 5) is 36.5. The van der Waals surface area contributed by atoms with E-state index >= 15 is 0 Å². The van der Waals surface area contributed by atoms with E-state index in [9.17, 15) is 24.8 Å². The number of fused-ring (bicyclic) bond motifs is 1. The van der Waals surface area contributed by atoms with Gasteiger partial charge in [0.05, 0.1) is 6.61 Å². The Morgan fingerprint density at radius 3 is 2.72 bits per heavy atom. The largest absolute Gasteiger partial charge is 0.469 e. The summed E-state index contributed by atoms with van der Waals surface area (Å²) in [6.45, 7) is -1.01. The summed E-state index contributed by atoms with van der Waals surface area (Å²) in [5, 5.41) is 30.6. The molecule has 25 heavy (non-hydrogen) atoms. The molecule has 2 aliphatic rings. The van der Waals surface area contributed by atoms with E-state index in [4.69, 9.17) is 20.3 Å². The quantitative estimate of drug-likeness (QED) is 0.257. The van der Waals surface area contributed by atoms with Crippen LogP contribution in [0.2, 0.25) is 0 Å². The number of nitrogens with zero attached hydrogens (tertiary/aromatic N) is 3. The van der Waals surface area contributed by atoms with Crippen molar-refractivity contribution >= 4 is 25.3 Å². The van der Waals surface area contributed by atoms with Gasteiger partial charge in [-0.15, -0.1) is 0 Å². The lowest BCUT2D eigenvalue weighted by atomic mass is 10.1. The molecule has 1 aromatic rings. The Kier molecular flexibility index (Phi) is 4.47. The molecule has 15 heteroatoms. The Bertz CT molecular complexity index is 768. The maximum Gasteiger partial charge on any atom is 0.469 e. The third-order valence-electron chi connectivity index (χ3n) is 3.76. The summed E-state index contributed by atoms with van der Waals surface area (Å²) in [5.74, 6) is -0.324. The number of H-pyrrole nitrogens is 1. The number of aromatic amines is 1. The summed E-state index contributed by atoms with van der Waals surface area (Å²) >= 11 is 0. The lowest BCUT2D eigenvalue weighted by Crippen LogP contribution is -2.45. The highest BCUT2D eigenvalue weighted by molar-refractivity contribution is 7.46. The van der Waals surface area contributed by atoms with E-state index in [1.165, 1.54) is 4.90 Å². The van der Waals surface area contributed by atoms with E-state index in [1.54, 1.807) is 0 Å². The first-order chi connectivity index (χ1) is 11.6. The van der Waals surface area contributed by atoms with Crippen molar-refractivity contribution in [2.75, 3.05) is 29.0 Å². The molecule has 1 aromatic heterocycles. The number of rotatable bonds is 4. The third-order valence-corrected chi connectivity index (χ3v) is 4.25. The molecule has 2 aliphatic heterocycles. The van der Waals surface area contributed by atoms with Crippen molar-refractivity contribution in [3.63, 3.8) is 0 Å². The highest BCUT2D eigenvalue weighted by Gasteiger charge is 2.49. The van der Waals surface area contributed by atoms with Crippen molar-refractivity contribution in [1.82, 2.24) is 9.97 Å². The van der Waals surface area contributed by atoms with Crippen LogP contribution in [-0.4, -0.2) is 73.0 Å². The van der Waals surface area contributed by atoms with E-state index in [0.29, 0.717) is 5.06 Å². The Labute approximate surface area is 139 Å². The lowest BCUT2D eigenvalue weighted by Gasteiger charge is -2.27. The second kappa shape index (κ2) is 6.19. The van der Waals surface area contributed by atoms with E-state index in [-0.39, 0.29) is 24.1 Å². The first-order valence-electron chi connectivity index (χ1n) is 6.93. The van der Waals surface area contributed by atoms with Crippen LogP contribution in [0.1, 0.15) is 0 Å². The lowest BCUT2D eigenvalue weighted by molar-refractivity contribution is -0.0224. The number of phosphoric acid groups is 1. The number of nitrogen functional groups attached to an aromatic ring is 1. The topological polar surface area (TPSA) is 215 Å². The van der Waals surface area contributed by atoms with Gasteiger partial charge in [0.2, 0.25) is 5.95 Å². The monoisotopic (exact) mass is 381 g/mol. The fourth-order valence-electron chi connectivity index (χ4n) is 2.68. The predicted molar refractivity (Wildman–Crippen MR) is 79.6 cm³/mol. The molecular weight excluding hydrogens is 365 g/mol. The minimum Gasteiger partial charge on any atom is -0.387 e. The van der Waals surface area contributed by atoms with Gasteiger partial charge in [0.1, 0.15) is 25.0 Å². The maximum atomic E-state index is 11.9. The Morgan fingerprint density at radius 1 is 1.40 bits per heavy atom. The number of anilines is 3. The molecule has 0 amide bonds.